The van der Waals surface area contributed by atoms with Crippen molar-refractivity contribution in [2.24, 2.45) is 5.92 Å². The Morgan fingerprint density at radius 3 is 1.72 bits per heavy atom. The number of hydrogen-bond donors (Lipinski definition) is 0. The van der Waals surface area contributed by atoms with Crippen LogP contribution in [-0.2, 0) is 9.59 Å². The van der Waals surface area contributed by atoms with Crippen molar-refractivity contribution in [1.82, 2.24) is 9.80 Å². The van der Waals surface area contributed by atoms with Gasteiger partial charge in [0.05, 0.1) is 0 Å². The van der Waals surface area contributed by atoms with Crippen LogP contribution in [-0.4, -0.2) is 57.6 Å². The molecular weight excluding hydrogens is 360 g/mol. The summed E-state index contributed by atoms with van der Waals surface area (Å²) in [5, 5.41) is 0. The monoisotopic (exact) mass is 408 g/mol. The molecule has 3 atom stereocenters. The van der Waals surface area contributed by atoms with Gasteiger partial charge in [-0.1, -0.05) is 34.6 Å². The molecule has 0 bridgehead atoms. The van der Waals surface area contributed by atoms with E-state index in [0.29, 0.717) is 24.4 Å². The van der Waals surface area contributed by atoms with E-state index in [9.17, 15) is 9.59 Å². The zero-order valence-electron chi connectivity index (χ0n) is 21.2. The van der Waals surface area contributed by atoms with Gasteiger partial charge >= 0.3 is 0 Å². The molecule has 2 aliphatic rings. The van der Waals surface area contributed by atoms with Gasteiger partial charge in [0.1, 0.15) is 11.6 Å². The van der Waals surface area contributed by atoms with Crippen LogP contribution in [0, 0.1) is 5.92 Å². The van der Waals surface area contributed by atoms with E-state index in [4.69, 9.17) is 0 Å². The van der Waals surface area contributed by atoms with Gasteiger partial charge in [-0.3, -0.25) is 19.4 Å². The lowest BCUT2D eigenvalue weighted by molar-refractivity contribution is -0.143. The van der Waals surface area contributed by atoms with Crippen molar-refractivity contribution in [3.05, 3.63) is 0 Å². The minimum atomic E-state index is 0.0279. The lowest BCUT2D eigenvalue weighted by Crippen LogP contribution is -2.65. The Labute approximate surface area is 180 Å². The summed E-state index contributed by atoms with van der Waals surface area (Å²) in [6.07, 6.45) is 6.34. The molecule has 2 fully saturated rings. The topological polar surface area (TPSA) is 40.6 Å². The molecule has 4 nitrogen and oxygen atoms in total. The van der Waals surface area contributed by atoms with Gasteiger partial charge in [-0.2, -0.15) is 0 Å². The largest absolute Gasteiger partial charge is 0.300 e. The second kappa shape index (κ2) is 9.18. The summed E-state index contributed by atoms with van der Waals surface area (Å²) in [5.41, 5.74) is 0.217. The molecule has 2 rings (SSSR count). The lowest BCUT2D eigenvalue weighted by Gasteiger charge is -2.56. The number of carbonyl (C=O) groups is 2. The second-order valence-electron chi connectivity index (χ2n) is 10.7. The van der Waals surface area contributed by atoms with E-state index in [1.165, 1.54) is 0 Å². The Balaban J connectivity index is 0.000000291. The van der Waals surface area contributed by atoms with Gasteiger partial charge < -0.3 is 0 Å². The number of carbonyl (C=O) groups excluding carboxylic acids is 2. The van der Waals surface area contributed by atoms with Crippen LogP contribution in [0.5, 0.6) is 0 Å². The van der Waals surface area contributed by atoms with Crippen LogP contribution in [0.4, 0.5) is 0 Å². The maximum atomic E-state index is 12.1. The highest BCUT2D eigenvalue weighted by molar-refractivity contribution is 5.84. The smallest absolute Gasteiger partial charge is 0.139 e. The Hall–Kier alpha value is -0.740. The van der Waals surface area contributed by atoms with Crippen molar-refractivity contribution in [2.45, 2.75) is 129 Å². The molecule has 3 unspecified atom stereocenters. The standard InChI is InChI=1S/C13H25NO.C12H23NO/c1-7-12(4)9-11(15)10(3)13(5,8-2)14(12)6;1-6-12(7-2)9-10(14)8-11(3,4)13(12)5/h10H,7-9H2,1-6H3;6-9H2,1-5H3. The second-order valence-corrected chi connectivity index (χ2v) is 10.7. The highest BCUT2D eigenvalue weighted by Gasteiger charge is 2.50. The van der Waals surface area contributed by atoms with E-state index in [1.807, 2.05) is 0 Å². The summed E-state index contributed by atoms with van der Waals surface area (Å²) in [6.45, 7) is 19.6. The van der Waals surface area contributed by atoms with Crippen LogP contribution in [0.25, 0.3) is 0 Å². The minimum absolute atomic E-state index is 0.0279. The van der Waals surface area contributed by atoms with E-state index in [2.05, 4.69) is 86.2 Å². The van der Waals surface area contributed by atoms with Crippen molar-refractivity contribution in [2.75, 3.05) is 14.1 Å². The van der Waals surface area contributed by atoms with E-state index in [-0.39, 0.29) is 28.1 Å². The Morgan fingerprint density at radius 1 is 0.793 bits per heavy atom. The van der Waals surface area contributed by atoms with Crippen LogP contribution in [0.15, 0.2) is 0 Å². The molecule has 0 N–H and O–H groups in total. The van der Waals surface area contributed by atoms with E-state index in [1.54, 1.807) is 0 Å². The Morgan fingerprint density at radius 2 is 1.31 bits per heavy atom. The van der Waals surface area contributed by atoms with E-state index < -0.39 is 0 Å². The summed E-state index contributed by atoms with van der Waals surface area (Å²) >= 11 is 0. The van der Waals surface area contributed by atoms with Gasteiger partial charge in [-0.15, -0.1) is 0 Å². The zero-order valence-corrected chi connectivity index (χ0v) is 21.2. The van der Waals surface area contributed by atoms with Gasteiger partial charge in [0.25, 0.3) is 0 Å². The first-order chi connectivity index (χ1) is 13.2. The average molecular weight is 409 g/mol. The minimum Gasteiger partial charge on any atom is -0.300 e. The van der Waals surface area contributed by atoms with Crippen LogP contribution < -0.4 is 0 Å². The van der Waals surface area contributed by atoms with Gasteiger partial charge in [0.15, 0.2) is 0 Å². The summed E-state index contributed by atoms with van der Waals surface area (Å²) in [7, 11) is 4.34. The number of rotatable bonds is 4. The van der Waals surface area contributed by atoms with E-state index >= 15 is 0 Å². The fourth-order valence-corrected chi connectivity index (χ4v) is 5.57. The van der Waals surface area contributed by atoms with Crippen molar-refractivity contribution in [3.63, 3.8) is 0 Å². The van der Waals surface area contributed by atoms with Crippen molar-refractivity contribution < 1.29 is 9.59 Å². The molecule has 0 aromatic rings. The molecule has 0 saturated carbocycles. The highest BCUT2D eigenvalue weighted by atomic mass is 16.1. The third kappa shape index (κ3) is 4.79. The van der Waals surface area contributed by atoms with Crippen LogP contribution in [0.2, 0.25) is 0 Å². The summed E-state index contributed by atoms with van der Waals surface area (Å²) in [6, 6.07) is 0. The SMILES string of the molecule is CCC1(C)CC(=O)C(C)C(C)(CC)N1C.CCC1(CC)CC(=O)CC(C)(C)N1C. The average Bonchev–Trinajstić information content (AvgIpc) is 2.68. The zero-order chi connectivity index (χ0) is 22.8. The summed E-state index contributed by atoms with van der Waals surface area (Å²) < 4.78 is 0. The van der Waals surface area contributed by atoms with Crippen LogP contribution >= 0.6 is 0 Å². The summed E-state index contributed by atoms with van der Waals surface area (Å²) in [4.78, 5) is 28.6. The van der Waals surface area contributed by atoms with Crippen LogP contribution in [0.3, 0.4) is 0 Å². The molecule has 170 valence electrons. The molecule has 0 radical (unpaired) electrons. The number of piperidine rings is 2. The summed E-state index contributed by atoms with van der Waals surface area (Å²) in [5.74, 6) is 1.02. The van der Waals surface area contributed by atoms with Crippen molar-refractivity contribution in [3.8, 4) is 0 Å². The molecule has 0 aromatic heterocycles. The number of likely N-dealkylation sites (tertiary alicyclic amines) is 2. The molecular formula is C25H48N2O2. The Kier molecular flexibility index (Phi) is 8.32. The van der Waals surface area contributed by atoms with Crippen molar-refractivity contribution in [1.29, 1.82) is 0 Å². The van der Waals surface area contributed by atoms with Gasteiger partial charge in [-0.05, 0) is 67.5 Å². The van der Waals surface area contributed by atoms with Gasteiger partial charge in [-0.25, -0.2) is 0 Å². The molecule has 0 spiro atoms. The first-order valence-electron chi connectivity index (χ1n) is 11.7. The molecule has 4 heteroatoms. The highest BCUT2D eigenvalue weighted by Crippen LogP contribution is 2.42. The molecule has 0 aliphatic carbocycles. The predicted molar refractivity (Wildman–Crippen MR) is 123 cm³/mol. The number of hydrogen-bond acceptors (Lipinski definition) is 4. The molecule has 2 aliphatic heterocycles. The first kappa shape index (κ1) is 26.3. The first-order valence-corrected chi connectivity index (χ1v) is 11.7. The molecule has 0 aromatic carbocycles. The van der Waals surface area contributed by atoms with Gasteiger partial charge in [0.2, 0.25) is 0 Å². The fourth-order valence-electron chi connectivity index (χ4n) is 5.57. The predicted octanol–water partition coefficient (Wildman–Crippen LogP) is 5.48. The molecule has 2 saturated heterocycles. The molecule has 0 amide bonds. The number of Topliss-reactive ketones (excluding diaryl/α,β-unsaturated/α-hetero) is 2. The molecule has 29 heavy (non-hydrogen) atoms. The fraction of sp³-hybridized carbons (Fsp3) is 0.920. The maximum absolute atomic E-state index is 12.1. The van der Waals surface area contributed by atoms with Gasteiger partial charge in [0, 0.05) is 47.3 Å². The third-order valence-electron chi connectivity index (χ3n) is 9.12. The van der Waals surface area contributed by atoms with E-state index in [0.717, 1.165) is 32.1 Å². The normalized spacial score (nSPS) is 35.2. The number of nitrogens with zero attached hydrogens (tertiary/aromatic N) is 2. The lowest BCUT2D eigenvalue weighted by atomic mass is 9.69. The van der Waals surface area contributed by atoms with Crippen molar-refractivity contribution >= 4 is 11.6 Å². The molecule has 2 heterocycles. The quantitative estimate of drug-likeness (QED) is 0.617. The Bertz CT molecular complexity index is 596. The maximum Gasteiger partial charge on any atom is 0.139 e. The third-order valence-corrected chi connectivity index (χ3v) is 9.12. The number of ketones is 2. The van der Waals surface area contributed by atoms with Crippen LogP contribution in [0.1, 0.15) is 107 Å².